The number of likely N-dealkylation sites (tertiary alicyclic amines) is 3. The Balaban J connectivity index is 0.693. The van der Waals surface area contributed by atoms with E-state index in [1.807, 2.05) is 26.5 Å². The number of benzene rings is 2. The van der Waals surface area contributed by atoms with Crippen LogP contribution in [0.3, 0.4) is 0 Å². The van der Waals surface area contributed by atoms with Gasteiger partial charge in [-0.05, 0) is 140 Å². The number of carbonyl (C=O) groups excluding carboxylic acids is 6. The number of carbonyl (C=O) groups is 6. The van der Waals surface area contributed by atoms with Gasteiger partial charge in [-0.2, -0.15) is 0 Å². The number of hydrogen-bond donors (Lipinski definition) is 3. The summed E-state index contributed by atoms with van der Waals surface area (Å²) < 4.78 is 17.2. The van der Waals surface area contributed by atoms with Gasteiger partial charge in [-0.1, -0.05) is 30.7 Å². The number of rotatable bonds is 11. The van der Waals surface area contributed by atoms with Crippen molar-refractivity contribution in [1.29, 1.82) is 0 Å². The predicted octanol–water partition coefficient (Wildman–Crippen LogP) is 6.87. The van der Waals surface area contributed by atoms with Crippen LogP contribution in [0.4, 0.5) is 27.3 Å². The molecule has 1 aliphatic carbocycles. The summed E-state index contributed by atoms with van der Waals surface area (Å²) in [6.45, 7) is 9.71. The molecule has 3 aromatic heterocycles. The lowest BCUT2D eigenvalue weighted by molar-refractivity contribution is -0.144. The summed E-state index contributed by atoms with van der Waals surface area (Å²) in [5, 5.41) is 8.19. The molecule has 1 spiro atoms. The van der Waals surface area contributed by atoms with Gasteiger partial charge in [0, 0.05) is 86.9 Å². The van der Waals surface area contributed by atoms with Crippen molar-refractivity contribution in [2.24, 2.45) is 11.8 Å². The number of imidazole rings is 1. The van der Waals surface area contributed by atoms with E-state index in [9.17, 15) is 24.0 Å². The van der Waals surface area contributed by atoms with E-state index in [-0.39, 0.29) is 71.9 Å². The van der Waals surface area contributed by atoms with Crippen LogP contribution < -0.4 is 25.8 Å². The van der Waals surface area contributed by atoms with E-state index in [2.05, 4.69) is 67.7 Å². The summed E-state index contributed by atoms with van der Waals surface area (Å²) >= 11 is 0. The minimum atomic E-state index is -0.782. The summed E-state index contributed by atoms with van der Waals surface area (Å²) in [6, 6.07) is 18.1. The lowest BCUT2D eigenvalue weighted by Gasteiger charge is -2.48. The van der Waals surface area contributed by atoms with Gasteiger partial charge in [-0.3, -0.25) is 34.1 Å². The molecule has 12 rings (SSSR count). The van der Waals surface area contributed by atoms with Gasteiger partial charge < -0.3 is 39.7 Å². The Morgan fingerprint density at radius 3 is 2.15 bits per heavy atom. The van der Waals surface area contributed by atoms with Crippen molar-refractivity contribution in [2.75, 3.05) is 67.5 Å². The van der Waals surface area contributed by atoms with Crippen LogP contribution in [-0.2, 0) is 29.4 Å². The molecule has 7 aliphatic rings. The third-order valence-corrected chi connectivity index (χ3v) is 18.1. The van der Waals surface area contributed by atoms with E-state index in [0.29, 0.717) is 101 Å². The standard InChI is InChI=1S/C59H69FN12O6/c1-36(2)71-35-62-49-33-48(64-53(52(49)71)63-45-9-5-4-8-44(45)60)39-10-12-43-50(30-39)72(42-31-41(32-42)67-22-6-3-7-23-67)58(78)59(43)20-28-70(29-21-59)57(77)38-18-26-69(27-19-38)56(76)37-16-24-68(25-17-37)40-11-13-46(61-34-40)54(74)65-47-14-15-51(73)66-55(47)75/h4-5,8-13,30,33-38,41-42,47H,3,6-7,14-29,31-32H2,1-2H3,(H,63,64)(H,65,74)(H,66,73,75)/t41-,42+,47?. The molecule has 408 valence electrons. The molecule has 6 aliphatic heterocycles. The first-order chi connectivity index (χ1) is 37.8. The maximum Gasteiger partial charge on any atom is 0.270 e. The van der Waals surface area contributed by atoms with Crippen LogP contribution in [0.25, 0.3) is 22.3 Å². The van der Waals surface area contributed by atoms with Gasteiger partial charge in [0.15, 0.2) is 5.82 Å². The molecule has 1 unspecified atom stereocenters. The SMILES string of the molecule is CC(C)n1cnc2cc(-c3ccc4c(c3)N([C@H]3C[C@@H](N5CCCCC5)C3)C(=O)C43CCN(C(=O)C4CCN(C(=O)C5CCN(c6ccc(C(=O)NC7CCC(=O)NC7=O)nc6)CC5)CC4)CC3)nc(Nc3ccccc3F)c21. The molecule has 0 radical (unpaired) electrons. The Kier molecular flexibility index (Phi) is 14.0. The summed E-state index contributed by atoms with van der Waals surface area (Å²) in [4.78, 5) is 105. The number of hydrogen-bond acceptors (Lipinski definition) is 12. The minimum absolute atomic E-state index is 0.0697. The van der Waals surface area contributed by atoms with Crippen molar-refractivity contribution >= 4 is 69.4 Å². The van der Waals surface area contributed by atoms with Crippen molar-refractivity contribution < 1.29 is 33.2 Å². The first-order valence-electron chi connectivity index (χ1n) is 28.4. The number of aromatic nitrogens is 4. The third-order valence-electron chi connectivity index (χ3n) is 18.1. The molecule has 1 saturated carbocycles. The number of pyridine rings is 2. The molecule has 19 heteroatoms. The van der Waals surface area contributed by atoms with Crippen molar-refractivity contribution in [3.8, 4) is 11.3 Å². The fourth-order valence-corrected chi connectivity index (χ4v) is 13.5. The molecule has 0 bridgehead atoms. The highest BCUT2D eigenvalue weighted by atomic mass is 19.1. The van der Waals surface area contributed by atoms with Gasteiger partial charge in [-0.25, -0.2) is 19.3 Å². The highest BCUT2D eigenvalue weighted by Gasteiger charge is 2.56. The fourth-order valence-electron chi connectivity index (χ4n) is 13.5. The number of nitrogens with one attached hydrogen (secondary N) is 3. The number of fused-ring (bicyclic) bond motifs is 3. The second-order valence-corrected chi connectivity index (χ2v) is 23.0. The predicted molar refractivity (Wildman–Crippen MR) is 292 cm³/mol. The number of nitrogens with zero attached hydrogens (tertiary/aromatic N) is 9. The van der Waals surface area contributed by atoms with Crippen LogP contribution in [0.15, 0.2) is 73.2 Å². The van der Waals surface area contributed by atoms with Crippen LogP contribution in [-0.4, -0.2) is 140 Å². The largest absolute Gasteiger partial charge is 0.370 e. The van der Waals surface area contributed by atoms with Crippen molar-refractivity contribution in [3.05, 3.63) is 90.3 Å². The minimum Gasteiger partial charge on any atom is -0.370 e. The monoisotopic (exact) mass is 1060 g/mol. The van der Waals surface area contributed by atoms with Crippen molar-refractivity contribution in [3.63, 3.8) is 0 Å². The zero-order valence-corrected chi connectivity index (χ0v) is 44.6. The molecule has 78 heavy (non-hydrogen) atoms. The maximum atomic E-state index is 15.3. The molecule has 5 aromatic rings. The molecule has 5 saturated heterocycles. The van der Waals surface area contributed by atoms with Crippen molar-refractivity contribution in [1.82, 2.24) is 44.9 Å². The third kappa shape index (κ3) is 9.65. The molecule has 18 nitrogen and oxygen atoms in total. The Morgan fingerprint density at radius 2 is 1.47 bits per heavy atom. The molecule has 6 fully saturated rings. The quantitative estimate of drug-likeness (QED) is 0.116. The average molecular weight is 1060 g/mol. The molecular weight excluding hydrogens is 992 g/mol. The van der Waals surface area contributed by atoms with Gasteiger partial charge in [0.25, 0.3) is 5.91 Å². The summed E-state index contributed by atoms with van der Waals surface area (Å²) in [5.41, 5.74) is 5.53. The zero-order chi connectivity index (χ0) is 53.8. The van der Waals surface area contributed by atoms with Gasteiger partial charge in [0.1, 0.15) is 23.1 Å². The van der Waals surface area contributed by atoms with Crippen LogP contribution in [0.1, 0.15) is 119 Å². The Hall–Kier alpha value is -7.28. The molecule has 1 atom stereocenters. The van der Waals surface area contributed by atoms with Crippen molar-refractivity contribution in [2.45, 2.75) is 127 Å². The fraction of sp³-hybridized carbons (Fsp3) is 0.508. The zero-order valence-electron chi connectivity index (χ0n) is 44.6. The van der Waals surface area contributed by atoms with E-state index in [0.717, 1.165) is 59.5 Å². The molecule has 3 N–H and O–H groups in total. The van der Waals surface area contributed by atoms with Crippen LogP contribution in [0, 0.1) is 17.7 Å². The Morgan fingerprint density at radius 1 is 0.769 bits per heavy atom. The van der Waals surface area contributed by atoms with E-state index < -0.39 is 23.3 Å². The lowest BCUT2D eigenvalue weighted by Crippen LogP contribution is -2.58. The topological polar surface area (TPSA) is 198 Å². The average Bonchev–Trinajstić information content (AvgIpc) is 4.18. The summed E-state index contributed by atoms with van der Waals surface area (Å²) in [7, 11) is 0. The molecule has 2 aromatic carbocycles. The number of amides is 6. The van der Waals surface area contributed by atoms with Gasteiger partial charge in [0.2, 0.25) is 29.5 Å². The first kappa shape index (κ1) is 51.5. The molecular formula is C59H69FN12O6. The summed E-state index contributed by atoms with van der Waals surface area (Å²) in [5.74, 6) is -1.16. The Labute approximate surface area is 453 Å². The smallest absolute Gasteiger partial charge is 0.270 e. The highest BCUT2D eigenvalue weighted by molar-refractivity contribution is 6.10. The van der Waals surface area contributed by atoms with Gasteiger partial charge >= 0.3 is 0 Å². The number of halogens is 1. The van der Waals surface area contributed by atoms with E-state index in [1.165, 1.54) is 25.3 Å². The number of piperidine rings is 5. The first-order valence-corrected chi connectivity index (χ1v) is 28.4. The van der Waals surface area contributed by atoms with Gasteiger partial charge in [-0.15, -0.1) is 0 Å². The van der Waals surface area contributed by atoms with E-state index >= 15 is 9.18 Å². The molecule has 9 heterocycles. The lowest BCUT2D eigenvalue weighted by atomic mass is 9.73. The Bertz CT molecular complexity index is 3150. The number of para-hydroxylation sites is 1. The van der Waals surface area contributed by atoms with Crippen LogP contribution in [0.2, 0.25) is 0 Å². The highest BCUT2D eigenvalue weighted by Crippen LogP contribution is 2.52. The van der Waals surface area contributed by atoms with E-state index in [1.54, 1.807) is 36.8 Å². The summed E-state index contributed by atoms with van der Waals surface area (Å²) in [6.07, 6.45) is 13.0. The second-order valence-electron chi connectivity index (χ2n) is 23.0. The van der Waals surface area contributed by atoms with Crippen LogP contribution >= 0.6 is 0 Å². The van der Waals surface area contributed by atoms with E-state index in [4.69, 9.17) is 9.97 Å². The van der Waals surface area contributed by atoms with Gasteiger partial charge in [0.05, 0.1) is 40.5 Å². The number of imide groups is 1. The van der Waals surface area contributed by atoms with Crippen LogP contribution in [0.5, 0.6) is 0 Å². The molecule has 6 amide bonds. The maximum absolute atomic E-state index is 15.3. The second kappa shape index (κ2) is 21.2. The normalized spacial score (nSPS) is 23.2. The number of anilines is 4.